The van der Waals surface area contributed by atoms with Crippen molar-refractivity contribution in [3.63, 3.8) is 0 Å². The molecule has 3 rings (SSSR count). The number of hydrogen-bond donors (Lipinski definition) is 1. The highest BCUT2D eigenvalue weighted by atomic mass is 79.9. The number of carbonyl (C=O) groups excluding carboxylic acids is 2. The number of nitrogens with one attached hydrogen (secondary N) is 1. The molecule has 2 aromatic carbocycles. The molecule has 0 atom stereocenters. The van der Waals surface area contributed by atoms with Crippen LogP contribution >= 0.6 is 15.9 Å². The molecule has 0 spiro atoms. The minimum absolute atomic E-state index is 0.109. The van der Waals surface area contributed by atoms with Crippen molar-refractivity contribution in [2.75, 3.05) is 12.4 Å². The summed E-state index contributed by atoms with van der Waals surface area (Å²) in [5.41, 5.74) is 0.357. The fraction of sp³-hybridized carbons (Fsp3) is 0.0556. The standard InChI is InChI=1S/C18H12BrNO5/c1-24-17(22)10-2-5-13(6-3-10)20-16(21)14-9-11-8-12(19)4-7-15(11)25-18(14)23/h2-9H,1H3,(H,20,21). The number of carbonyl (C=O) groups is 2. The SMILES string of the molecule is COC(=O)c1ccc(NC(=O)c2cc3cc(Br)ccc3oc2=O)cc1. The molecule has 1 N–H and O–H groups in total. The molecule has 6 nitrogen and oxygen atoms in total. The molecule has 0 radical (unpaired) electrons. The Morgan fingerprint density at radius 1 is 1.08 bits per heavy atom. The molecule has 0 fully saturated rings. The predicted molar refractivity (Wildman–Crippen MR) is 95.9 cm³/mol. The Labute approximate surface area is 150 Å². The third-order valence-electron chi connectivity index (χ3n) is 3.50. The van der Waals surface area contributed by atoms with Gasteiger partial charge in [0, 0.05) is 15.5 Å². The third kappa shape index (κ3) is 3.61. The first-order chi connectivity index (χ1) is 12.0. The van der Waals surface area contributed by atoms with E-state index in [0.717, 1.165) is 4.47 Å². The molecule has 0 aliphatic rings. The summed E-state index contributed by atoms with van der Waals surface area (Å²) in [5.74, 6) is -1.07. The second-order valence-corrected chi connectivity index (χ2v) is 6.07. The summed E-state index contributed by atoms with van der Waals surface area (Å²) in [6.07, 6.45) is 0. The van der Waals surface area contributed by atoms with Crippen LogP contribution in [0.1, 0.15) is 20.7 Å². The van der Waals surface area contributed by atoms with E-state index >= 15 is 0 Å². The molecular formula is C18H12BrNO5. The Kier molecular flexibility index (Phi) is 4.67. The first-order valence-corrected chi connectivity index (χ1v) is 8.00. The van der Waals surface area contributed by atoms with Gasteiger partial charge in [-0.15, -0.1) is 0 Å². The zero-order valence-corrected chi connectivity index (χ0v) is 14.6. The number of fused-ring (bicyclic) bond motifs is 1. The van der Waals surface area contributed by atoms with Crippen LogP contribution in [-0.2, 0) is 4.74 Å². The molecular weight excluding hydrogens is 390 g/mol. The number of halogens is 1. The van der Waals surface area contributed by atoms with Crippen molar-refractivity contribution >= 4 is 44.5 Å². The Morgan fingerprint density at radius 3 is 2.48 bits per heavy atom. The normalized spacial score (nSPS) is 10.5. The molecule has 0 unspecified atom stereocenters. The summed E-state index contributed by atoms with van der Waals surface area (Å²) in [4.78, 5) is 35.8. The predicted octanol–water partition coefficient (Wildman–Crippen LogP) is 3.59. The zero-order chi connectivity index (χ0) is 18.0. The lowest BCUT2D eigenvalue weighted by Gasteiger charge is -2.06. The van der Waals surface area contributed by atoms with Crippen LogP contribution in [0.15, 0.2) is 62.2 Å². The summed E-state index contributed by atoms with van der Waals surface area (Å²) in [6.45, 7) is 0. The van der Waals surface area contributed by atoms with Crippen molar-refractivity contribution in [1.29, 1.82) is 0 Å². The molecule has 0 saturated heterocycles. The average molecular weight is 402 g/mol. The lowest BCUT2D eigenvalue weighted by atomic mass is 10.1. The Hall–Kier alpha value is -2.93. The number of esters is 1. The van der Waals surface area contributed by atoms with Gasteiger partial charge in [0.15, 0.2) is 0 Å². The Balaban J connectivity index is 1.88. The van der Waals surface area contributed by atoms with Crippen LogP contribution in [0.2, 0.25) is 0 Å². The van der Waals surface area contributed by atoms with E-state index in [1.807, 2.05) is 0 Å². The second-order valence-electron chi connectivity index (χ2n) is 5.15. The number of anilines is 1. The van der Waals surface area contributed by atoms with Crippen molar-refractivity contribution in [3.05, 3.63) is 74.6 Å². The summed E-state index contributed by atoms with van der Waals surface area (Å²) in [6, 6.07) is 12.7. The van der Waals surface area contributed by atoms with Gasteiger partial charge in [-0.1, -0.05) is 15.9 Å². The lowest BCUT2D eigenvalue weighted by Crippen LogP contribution is -2.20. The molecule has 25 heavy (non-hydrogen) atoms. The maximum absolute atomic E-state index is 12.4. The van der Waals surface area contributed by atoms with Crippen LogP contribution in [0.5, 0.6) is 0 Å². The highest BCUT2D eigenvalue weighted by Crippen LogP contribution is 2.20. The van der Waals surface area contributed by atoms with E-state index in [1.54, 1.807) is 30.3 Å². The fourth-order valence-electron chi connectivity index (χ4n) is 2.26. The van der Waals surface area contributed by atoms with Gasteiger partial charge in [0.25, 0.3) is 5.91 Å². The van der Waals surface area contributed by atoms with Gasteiger partial charge in [-0.2, -0.15) is 0 Å². The van der Waals surface area contributed by atoms with Crippen molar-refractivity contribution in [2.24, 2.45) is 0 Å². The second kappa shape index (κ2) is 6.90. The lowest BCUT2D eigenvalue weighted by molar-refractivity contribution is 0.0600. The fourth-order valence-corrected chi connectivity index (χ4v) is 2.64. The molecule has 0 bridgehead atoms. The van der Waals surface area contributed by atoms with Crippen LogP contribution in [0.25, 0.3) is 11.0 Å². The van der Waals surface area contributed by atoms with E-state index in [1.165, 1.54) is 25.3 Å². The zero-order valence-electron chi connectivity index (χ0n) is 13.0. The van der Waals surface area contributed by atoms with Gasteiger partial charge in [-0.3, -0.25) is 4.79 Å². The molecule has 126 valence electrons. The van der Waals surface area contributed by atoms with Crippen molar-refractivity contribution in [3.8, 4) is 0 Å². The van der Waals surface area contributed by atoms with E-state index in [0.29, 0.717) is 22.2 Å². The van der Waals surface area contributed by atoms with E-state index in [2.05, 4.69) is 26.0 Å². The highest BCUT2D eigenvalue weighted by Gasteiger charge is 2.14. The first kappa shape index (κ1) is 16.9. The van der Waals surface area contributed by atoms with Gasteiger partial charge >= 0.3 is 11.6 Å². The molecule has 7 heteroatoms. The molecule has 0 saturated carbocycles. The van der Waals surface area contributed by atoms with Crippen LogP contribution < -0.4 is 10.9 Å². The molecule has 0 aliphatic carbocycles. The topological polar surface area (TPSA) is 85.6 Å². The summed E-state index contributed by atoms with van der Waals surface area (Å²) in [7, 11) is 1.29. The molecule has 1 aromatic heterocycles. The number of methoxy groups -OCH3 is 1. The smallest absolute Gasteiger partial charge is 0.349 e. The first-order valence-electron chi connectivity index (χ1n) is 7.21. The summed E-state index contributed by atoms with van der Waals surface area (Å²) >= 11 is 3.33. The van der Waals surface area contributed by atoms with Crippen molar-refractivity contribution < 1.29 is 18.7 Å². The van der Waals surface area contributed by atoms with Crippen molar-refractivity contribution in [2.45, 2.75) is 0 Å². The highest BCUT2D eigenvalue weighted by molar-refractivity contribution is 9.10. The Morgan fingerprint density at radius 2 is 1.80 bits per heavy atom. The van der Waals surface area contributed by atoms with Crippen LogP contribution in [0.3, 0.4) is 0 Å². The number of amides is 1. The minimum Gasteiger partial charge on any atom is -0.465 e. The molecule has 1 heterocycles. The van der Waals surface area contributed by atoms with Crippen LogP contribution in [-0.4, -0.2) is 19.0 Å². The largest absolute Gasteiger partial charge is 0.465 e. The van der Waals surface area contributed by atoms with Gasteiger partial charge in [-0.25, -0.2) is 9.59 Å². The summed E-state index contributed by atoms with van der Waals surface area (Å²) < 4.78 is 10.6. The number of ether oxygens (including phenoxy) is 1. The Bertz CT molecular complexity index is 1020. The van der Waals surface area contributed by atoms with E-state index < -0.39 is 17.5 Å². The molecule has 0 aliphatic heterocycles. The van der Waals surface area contributed by atoms with Gasteiger partial charge < -0.3 is 14.5 Å². The summed E-state index contributed by atoms with van der Waals surface area (Å²) in [5, 5.41) is 3.22. The van der Waals surface area contributed by atoms with Gasteiger partial charge in [0.1, 0.15) is 11.1 Å². The quantitative estimate of drug-likeness (QED) is 0.535. The van der Waals surface area contributed by atoms with Crippen LogP contribution in [0.4, 0.5) is 5.69 Å². The van der Waals surface area contributed by atoms with E-state index in [4.69, 9.17) is 4.42 Å². The van der Waals surface area contributed by atoms with E-state index in [9.17, 15) is 14.4 Å². The maximum Gasteiger partial charge on any atom is 0.349 e. The number of hydrogen-bond acceptors (Lipinski definition) is 5. The molecule has 1 amide bonds. The minimum atomic E-state index is -0.724. The maximum atomic E-state index is 12.4. The monoisotopic (exact) mass is 401 g/mol. The van der Waals surface area contributed by atoms with E-state index in [-0.39, 0.29) is 5.56 Å². The number of rotatable bonds is 3. The van der Waals surface area contributed by atoms with Crippen LogP contribution in [0, 0.1) is 0 Å². The van der Waals surface area contributed by atoms with Gasteiger partial charge in [0.05, 0.1) is 12.7 Å². The van der Waals surface area contributed by atoms with Gasteiger partial charge in [0.2, 0.25) is 0 Å². The third-order valence-corrected chi connectivity index (χ3v) is 4.00. The van der Waals surface area contributed by atoms with Crippen molar-refractivity contribution in [1.82, 2.24) is 0 Å². The van der Waals surface area contributed by atoms with Gasteiger partial charge in [-0.05, 0) is 48.5 Å². The number of benzene rings is 2. The molecule has 3 aromatic rings. The average Bonchev–Trinajstić information content (AvgIpc) is 2.61.